The van der Waals surface area contributed by atoms with Gasteiger partial charge in [0.1, 0.15) is 17.5 Å². The third-order valence-electron chi connectivity index (χ3n) is 3.19. The van der Waals surface area contributed by atoms with Crippen molar-refractivity contribution in [2.24, 2.45) is 0 Å². The molecule has 0 bridgehead atoms. The molecule has 1 aromatic carbocycles. The second-order valence-electron chi connectivity index (χ2n) is 6.25. The fourth-order valence-electron chi connectivity index (χ4n) is 2.22. The Kier molecular flexibility index (Phi) is 5.11. The molecule has 5 nitrogen and oxygen atoms in total. The molecule has 1 saturated heterocycles. The summed E-state index contributed by atoms with van der Waals surface area (Å²) in [6.07, 6.45) is 1.02. The Morgan fingerprint density at radius 1 is 1.41 bits per heavy atom. The highest BCUT2D eigenvalue weighted by atomic mass is 79.9. The van der Waals surface area contributed by atoms with Crippen LogP contribution in [-0.4, -0.2) is 42.1 Å². The fourth-order valence-corrected chi connectivity index (χ4v) is 2.59. The predicted molar refractivity (Wildman–Crippen MR) is 86.4 cm³/mol. The highest BCUT2D eigenvalue weighted by Gasteiger charge is 2.31. The third kappa shape index (κ3) is 4.47. The van der Waals surface area contributed by atoms with Crippen LogP contribution in [0.25, 0.3) is 0 Å². The van der Waals surface area contributed by atoms with Gasteiger partial charge in [-0.3, -0.25) is 4.79 Å². The first-order chi connectivity index (χ1) is 10.3. The second kappa shape index (κ2) is 6.69. The minimum Gasteiger partial charge on any atom is -0.488 e. The van der Waals surface area contributed by atoms with E-state index in [0.717, 1.165) is 10.8 Å². The summed E-state index contributed by atoms with van der Waals surface area (Å²) in [5.41, 5.74) is -0.0167. The molecule has 22 heavy (non-hydrogen) atoms. The Morgan fingerprint density at radius 2 is 2.14 bits per heavy atom. The first-order valence-electron chi connectivity index (χ1n) is 7.18. The average Bonchev–Trinajstić information content (AvgIpc) is 2.87. The number of ether oxygens (including phenoxy) is 2. The maximum Gasteiger partial charge on any atom is 0.410 e. The summed E-state index contributed by atoms with van der Waals surface area (Å²) in [7, 11) is 0. The zero-order valence-corrected chi connectivity index (χ0v) is 14.6. The molecule has 0 radical (unpaired) electrons. The van der Waals surface area contributed by atoms with Crippen molar-refractivity contribution in [2.75, 3.05) is 13.1 Å². The zero-order valence-electron chi connectivity index (χ0n) is 13.0. The average molecular weight is 370 g/mol. The Bertz CT molecular complexity index is 568. The molecule has 1 heterocycles. The number of nitrogens with zero attached hydrogens (tertiary/aromatic N) is 1. The lowest BCUT2D eigenvalue weighted by Crippen LogP contribution is -2.36. The Balaban J connectivity index is 1.97. The van der Waals surface area contributed by atoms with Gasteiger partial charge in [0.25, 0.3) is 0 Å². The number of rotatable bonds is 3. The Morgan fingerprint density at radius 3 is 2.77 bits per heavy atom. The zero-order chi connectivity index (χ0) is 16.3. The lowest BCUT2D eigenvalue weighted by molar-refractivity contribution is 0.0275. The highest BCUT2D eigenvalue weighted by Crippen LogP contribution is 2.25. The fraction of sp³-hybridized carbons (Fsp3) is 0.500. The van der Waals surface area contributed by atoms with Crippen LogP contribution in [0.1, 0.15) is 37.6 Å². The number of aldehydes is 1. The standard InChI is InChI=1S/C16H20BrNO4/c1-16(2,3)22-15(20)18-7-6-13(9-18)21-14-5-4-12(17)8-11(14)10-19/h4-5,8,10,13H,6-7,9H2,1-3H3/t13-/m1/s1. The molecular formula is C16H20BrNO4. The molecule has 1 atom stereocenters. The van der Waals surface area contributed by atoms with Gasteiger partial charge in [-0.25, -0.2) is 4.79 Å². The molecule has 0 spiro atoms. The highest BCUT2D eigenvalue weighted by molar-refractivity contribution is 9.10. The van der Waals surface area contributed by atoms with Crippen molar-refractivity contribution in [1.29, 1.82) is 0 Å². The number of carbonyl (C=O) groups excluding carboxylic acids is 2. The van der Waals surface area contributed by atoms with Crippen LogP contribution < -0.4 is 4.74 Å². The summed E-state index contributed by atoms with van der Waals surface area (Å²) in [6, 6.07) is 5.29. The molecule has 1 amide bonds. The van der Waals surface area contributed by atoms with Gasteiger partial charge < -0.3 is 14.4 Å². The molecule has 1 aliphatic rings. The number of carbonyl (C=O) groups is 2. The van der Waals surface area contributed by atoms with Crippen molar-refractivity contribution in [1.82, 2.24) is 4.90 Å². The van der Waals surface area contributed by atoms with Crippen molar-refractivity contribution in [3.63, 3.8) is 0 Å². The minimum atomic E-state index is -0.508. The van der Waals surface area contributed by atoms with E-state index in [2.05, 4.69) is 15.9 Å². The largest absolute Gasteiger partial charge is 0.488 e. The van der Waals surface area contributed by atoms with Crippen molar-refractivity contribution in [2.45, 2.75) is 38.9 Å². The lowest BCUT2D eigenvalue weighted by atomic mass is 10.2. The van der Waals surface area contributed by atoms with Gasteiger partial charge >= 0.3 is 6.09 Å². The molecule has 2 rings (SSSR count). The van der Waals surface area contributed by atoms with Crippen LogP contribution in [0, 0.1) is 0 Å². The lowest BCUT2D eigenvalue weighted by Gasteiger charge is -2.24. The summed E-state index contributed by atoms with van der Waals surface area (Å²) in [5, 5.41) is 0. The van der Waals surface area contributed by atoms with Gasteiger partial charge in [-0.15, -0.1) is 0 Å². The maximum absolute atomic E-state index is 12.0. The van der Waals surface area contributed by atoms with E-state index in [1.165, 1.54) is 0 Å². The number of likely N-dealkylation sites (tertiary alicyclic amines) is 1. The van der Waals surface area contributed by atoms with Gasteiger partial charge in [-0.1, -0.05) is 15.9 Å². The van der Waals surface area contributed by atoms with E-state index in [9.17, 15) is 9.59 Å². The summed E-state index contributed by atoms with van der Waals surface area (Å²) in [4.78, 5) is 24.7. The van der Waals surface area contributed by atoms with E-state index in [1.54, 1.807) is 17.0 Å². The maximum atomic E-state index is 12.0. The smallest absolute Gasteiger partial charge is 0.410 e. The van der Waals surface area contributed by atoms with Crippen molar-refractivity contribution in [3.8, 4) is 5.75 Å². The van der Waals surface area contributed by atoms with Gasteiger partial charge in [0.05, 0.1) is 12.1 Å². The molecule has 6 heteroatoms. The van der Waals surface area contributed by atoms with Crippen LogP contribution in [-0.2, 0) is 4.74 Å². The van der Waals surface area contributed by atoms with Crippen molar-refractivity contribution in [3.05, 3.63) is 28.2 Å². The van der Waals surface area contributed by atoms with E-state index >= 15 is 0 Å². The summed E-state index contributed by atoms with van der Waals surface area (Å²) < 4.78 is 12.0. The summed E-state index contributed by atoms with van der Waals surface area (Å²) in [6.45, 7) is 6.57. The Hall–Kier alpha value is -1.56. The van der Waals surface area contributed by atoms with Gasteiger partial charge in [-0.2, -0.15) is 0 Å². The number of benzene rings is 1. The minimum absolute atomic E-state index is 0.132. The number of hydrogen-bond donors (Lipinski definition) is 0. The van der Waals surface area contributed by atoms with Crippen LogP contribution in [0.3, 0.4) is 0 Å². The molecule has 0 aromatic heterocycles. The molecule has 120 valence electrons. The van der Waals surface area contributed by atoms with Crippen LogP contribution in [0.5, 0.6) is 5.75 Å². The van der Waals surface area contributed by atoms with E-state index in [-0.39, 0.29) is 12.2 Å². The van der Waals surface area contributed by atoms with Crippen LogP contribution in [0.4, 0.5) is 4.79 Å². The monoisotopic (exact) mass is 369 g/mol. The van der Waals surface area contributed by atoms with Gasteiger partial charge in [0.2, 0.25) is 0 Å². The van der Waals surface area contributed by atoms with E-state index < -0.39 is 5.60 Å². The first-order valence-corrected chi connectivity index (χ1v) is 7.97. The molecule has 1 aromatic rings. The molecular weight excluding hydrogens is 350 g/mol. The molecule has 1 aliphatic heterocycles. The quantitative estimate of drug-likeness (QED) is 0.763. The van der Waals surface area contributed by atoms with Crippen LogP contribution >= 0.6 is 15.9 Å². The van der Waals surface area contributed by atoms with E-state index in [0.29, 0.717) is 30.8 Å². The van der Waals surface area contributed by atoms with E-state index in [4.69, 9.17) is 9.47 Å². The predicted octanol–water partition coefficient (Wildman–Crippen LogP) is 3.65. The van der Waals surface area contributed by atoms with Gasteiger partial charge in [0.15, 0.2) is 6.29 Å². The number of halogens is 1. The normalized spacial score (nSPS) is 18.2. The summed E-state index contributed by atoms with van der Waals surface area (Å²) >= 11 is 3.32. The molecule has 0 saturated carbocycles. The molecule has 0 aliphatic carbocycles. The summed E-state index contributed by atoms with van der Waals surface area (Å²) in [5.74, 6) is 0.536. The SMILES string of the molecule is CC(C)(C)OC(=O)N1CC[C@@H](Oc2ccc(Br)cc2C=O)C1. The molecule has 0 unspecified atom stereocenters. The second-order valence-corrected chi connectivity index (χ2v) is 7.17. The Labute approximate surface area is 138 Å². The number of hydrogen-bond acceptors (Lipinski definition) is 4. The van der Waals surface area contributed by atoms with Crippen LogP contribution in [0.2, 0.25) is 0 Å². The van der Waals surface area contributed by atoms with Crippen LogP contribution in [0.15, 0.2) is 22.7 Å². The topological polar surface area (TPSA) is 55.8 Å². The van der Waals surface area contributed by atoms with Crippen molar-refractivity contribution >= 4 is 28.3 Å². The first kappa shape index (κ1) is 16.8. The third-order valence-corrected chi connectivity index (χ3v) is 3.68. The molecule has 1 fully saturated rings. The van der Waals surface area contributed by atoms with Gasteiger partial charge in [0, 0.05) is 17.4 Å². The molecule has 0 N–H and O–H groups in total. The van der Waals surface area contributed by atoms with Gasteiger partial charge in [-0.05, 0) is 39.0 Å². The van der Waals surface area contributed by atoms with E-state index in [1.807, 2.05) is 26.8 Å². The van der Waals surface area contributed by atoms with Crippen molar-refractivity contribution < 1.29 is 19.1 Å². The number of amides is 1.